The van der Waals surface area contributed by atoms with E-state index in [0.717, 1.165) is 42.7 Å². The van der Waals surface area contributed by atoms with Crippen LogP contribution in [-0.4, -0.2) is 47.1 Å². The van der Waals surface area contributed by atoms with E-state index in [4.69, 9.17) is 0 Å². The summed E-state index contributed by atoms with van der Waals surface area (Å²) in [6.45, 7) is 3.87. The van der Waals surface area contributed by atoms with Crippen molar-refractivity contribution in [3.05, 3.63) is 36.2 Å². The third-order valence-corrected chi connectivity index (χ3v) is 3.78. The van der Waals surface area contributed by atoms with Crippen molar-refractivity contribution in [3.8, 4) is 0 Å². The Morgan fingerprint density at radius 2 is 2.10 bits per heavy atom. The Morgan fingerprint density at radius 3 is 2.81 bits per heavy atom. The van der Waals surface area contributed by atoms with E-state index in [1.165, 1.54) is 0 Å². The molecule has 3 heterocycles. The average molecular weight is 284 g/mol. The fraction of sp³-hybridized carbons (Fsp3) is 0.467. The number of nitrogens with zero attached hydrogens (tertiary/aromatic N) is 6. The lowest BCUT2D eigenvalue weighted by molar-refractivity contribution is 0.730. The quantitative estimate of drug-likeness (QED) is 0.854. The number of aromatic nitrogens is 4. The molecule has 110 valence electrons. The fourth-order valence-corrected chi connectivity index (χ4v) is 2.68. The lowest BCUT2D eigenvalue weighted by Crippen LogP contribution is -2.21. The van der Waals surface area contributed by atoms with E-state index in [0.29, 0.717) is 5.92 Å². The number of hydrogen-bond donors (Lipinski definition) is 0. The summed E-state index contributed by atoms with van der Waals surface area (Å²) in [6, 6.07) is 2.10. The molecule has 1 fully saturated rings. The predicted octanol–water partition coefficient (Wildman–Crippen LogP) is 1.63. The van der Waals surface area contributed by atoms with Crippen LogP contribution in [-0.2, 0) is 0 Å². The van der Waals surface area contributed by atoms with Gasteiger partial charge >= 0.3 is 0 Å². The zero-order valence-corrected chi connectivity index (χ0v) is 12.7. The van der Waals surface area contributed by atoms with Gasteiger partial charge in [-0.15, -0.1) is 0 Å². The second kappa shape index (κ2) is 5.63. The minimum absolute atomic E-state index is 0.424. The lowest BCUT2D eigenvalue weighted by Gasteiger charge is -2.18. The topological polar surface area (TPSA) is 58.0 Å². The van der Waals surface area contributed by atoms with Crippen LogP contribution in [0.25, 0.3) is 0 Å². The molecule has 1 atom stereocenters. The molecule has 2 aromatic heterocycles. The summed E-state index contributed by atoms with van der Waals surface area (Å²) < 4.78 is 0. The molecule has 0 radical (unpaired) electrons. The van der Waals surface area contributed by atoms with Crippen LogP contribution in [0, 0.1) is 6.92 Å². The first-order valence-corrected chi connectivity index (χ1v) is 7.17. The summed E-state index contributed by atoms with van der Waals surface area (Å²) in [4.78, 5) is 21.9. The molecule has 2 aromatic rings. The van der Waals surface area contributed by atoms with Gasteiger partial charge in [-0.3, -0.25) is 4.98 Å². The molecule has 1 saturated heterocycles. The number of rotatable bonds is 3. The van der Waals surface area contributed by atoms with Gasteiger partial charge in [0.1, 0.15) is 17.5 Å². The van der Waals surface area contributed by atoms with Gasteiger partial charge in [-0.25, -0.2) is 15.0 Å². The van der Waals surface area contributed by atoms with Crippen LogP contribution in [0.5, 0.6) is 0 Å². The van der Waals surface area contributed by atoms with Crippen molar-refractivity contribution in [1.29, 1.82) is 0 Å². The minimum Gasteiger partial charge on any atom is -0.363 e. The first-order valence-electron chi connectivity index (χ1n) is 7.17. The molecule has 0 aliphatic carbocycles. The highest BCUT2D eigenvalue weighted by atomic mass is 15.2. The molecule has 1 unspecified atom stereocenters. The lowest BCUT2D eigenvalue weighted by atomic mass is 10.0. The first-order chi connectivity index (χ1) is 10.1. The van der Waals surface area contributed by atoms with Crippen LogP contribution in [0.4, 0.5) is 11.6 Å². The second-order valence-corrected chi connectivity index (χ2v) is 5.59. The number of hydrogen-bond acceptors (Lipinski definition) is 6. The van der Waals surface area contributed by atoms with E-state index in [2.05, 4.69) is 30.9 Å². The van der Waals surface area contributed by atoms with Gasteiger partial charge in [-0.2, -0.15) is 0 Å². The molecule has 0 N–H and O–H groups in total. The van der Waals surface area contributed by atoms with Crippen molar-refractivity contribution in [2.75, 3.05) is 37.0 Å². The summed E-state index contributed by atoms with van der Waals surface area (Å²) in [7, 11) is 4.01. The molecule has 0 saturated carbocycles. The monoisotopic (exact) mass is 284 g/mol. The predicted molar refractivity (Wildman–Crippen MR) is 82.7 cm³/mol. The van der Waals surface area contributed by atoms with Gasteiger partial charge in [-0.05, 0) is 13.3 Å². The maximum atomic E-state index is 4.63. The largest absolute Gasteiger partial charge is 0.363 e. The van der Waals surface area contributed by atoms with Gasteiger partial charge in [0.2, 0.25) is 0 Å². The number of anilines is 2. The van der Waals surface area contributed by atoms with E-state index in [9.17, 15) is 0 Å². The maximum Gasteiger partial charge on any atom is 0.147 e. The van der Waals surface area contributed by atoms with Crippen molar-refractivity contribution < 1.29 is 0 Å². The highest BCUT2D eigenvalue weighted by Crippen LogP contribution is 2.29. The number of aryl methyl sites for hydroxylation is 1. The Morgan fingerprint density at radius 1 is 1.24 bits per heavy atom. The molecule has 0 bridgehead atoms. The first kappa shape index (κ1) is 13.7. The Balaban J connectivity index is 1.80. The van der Waals surface area contributed by atoms with Crippen molar-refractivity contribution in [1.82, 2.24) is 19.9 Å². The molecule has 1 aliphatic heterocycles. The standard InChI is InChI=1S/C15H20N6/c1-11-18-13(8-14(19-11)20(2)3)12-4-7-21(10-12)15-9-16-5-6-17-15/h5-6,8-9,12H,4,7,10H2,1-3H3. The van der Waals surface area contributed by atoms with Crippen molar-refractivity contribution >= 4 is 11.6 Å². The molecule has 6 nitrogen and oxygen atoms in total. The Labute approximate surface area is 124 Å². The molecular weight excluding hydrogens is 264 g/mol. The van der Waals surface area contributed by atoms with Gasteiger partial charge in [-0.1, -0.05) is 0 Å². The minimum atomic E-state index is 0.424. The second-order valence-electron chi connectivity index (χ2n) is 5.59. The molecule has 0 amide bonds. The van der Waals surface area contributed by atoms with Crippen LogP contribution < -0.4 is 9.80 Å². The highest BCUT2D eigenvalue weighted by molar-refractivity contribution is 5.42. The van der Waals surface area contributed by atoms with Gasteiger partial charge < -0.3 is 9.80 Å². The van der Waals surface area contributed by atoms with Crippen molar-refractivity contribution in [2.24, 2.45) is 0 Å². The van der Waals surface area contributed by atoms with Crippen LogP contribution in [0.3, 0.4) is 0 Å². The molecule has 0 spiro atoms. The molecule has 1 aliphatic rings. The zero-order chi connectivity index (χ0) is 14.8. The van der Waals surface area contributed by atoms with E-state index >= 15 is 0 Å². The zero-order valence-electron chi connectivity index (χ0n) is 12.7. The molecular formula is C15H20N6. The fourth-order valence-electron chi connectivity index (χ4n) is 2.68. The third kappa shape index (κ3) is 2.94. The molecule has 3 rings (SSSR count). The normalized spacial score (nSPS) is 18.0. The summed E-state index contributed by atoms with van der Waals surface area (Å²) in [5, 5.41) is 0. The van der Waals surface area contributed by atoms with Gasteiger partial charge in [0, 0.05) is 51.6 Å². The van der Waals surface area contributed by atoms with E-state index in [-0.39, 0.29) is 0 Å². The van der Waals surface area contributed by atoms with E-state index in [1.54, 1.807) is 12.4 Å². The van der Waals surface area contributed by atoms with Crippen LogP contribution in [0.1, 0.15) is 23.9 Å². The molecule has 6 heteroatoms. The molecule has 0 aromatic carbocycles. The van der Waals surface area contributed by atoms with Crippen LogP contribution in [0.2, 0.25) is 0 Å². The van der Waals surface area contributed by atoms with Crippen LogP contribution in [0.15, 0.2) is 24.7 Å². The van der Waals surface area contributed by atoms with Crippen LogP contribution >= 0.6 is 0 Å². The SMILES string of the molecule is Cc1nc(C2CCN(c3cnccn3)C2)cc(N(C)C)n1. The Kier molecular flexibility index (Phi) is 3.68. The van der Waals surface area contributed by atoms with E-state index in [1.807, 2.05) is 32.1 Å². The Bertz CT molecular complexity index is 613. The third-order valence-electron chi connectivity index (χ3n) is 3.78. The van der Waals surface area contributed by atoms with Crippen molar-refractivity contribution in [3.63, 3.8) is 0 Å². The average Bonchev–Trinajstić information content (AvgIpc) is 2.97. The van der Waals surface area contributed by atoms with Crippen molar-refractivity contribution in [2.45, 2.75) is 19.3 Å². The smallest absolute Gasteiger partial charge is 0.147 e. The maximum absolute atomic E-state index is 4.63. The van der Waals surface area contributed by atoms with Gasteiger partial charge in [0.25, 0.3) is 0 Å². The van der Waals surface area contributed by atoms with Gasteiger partial charge in [0.05, 0.1) is 11.9 Å². The van der Waals surface area contributed by atoms with Gasteiger partial charge in [0.15, 0.2) is 0 Å². The molecule has 21 heavy (non-hydrogen) atoms. The highest BCUT2D eigenvalue weighted by Gasteiger charge is 2.26. The summed E-state index contributed by atoms with van der Waals surface area (Å²) >= 11 is 0. The summed E-state index contributed by atoms with van der Waals surface area (Å²) in [6.07, 6.45) is 6.34. The summed E-state index contributed by atoms with van der Waals surface area (Å²) in [5.41, 5.74) is 1.12. The van der Waals surface area contributed by atoms with E-state index < -0.39 is 0 Å². The summed E-state index contributed by atoms with van der Waals surface area (Å²) in [5.74, 6) is 3.16. The Hall–Kier alpha value is -2.24.